The number of hydrogen-bond acceptors (Lipinski definition) is 5. The number of rotatable bonds is 7. The van der Waals surface area contributed by atoms with E-state index < -0.39 is 0 Å². The largest absolute Gasteiger partial charge is 0.492 e. The van der Waals surface area contributed by atoms with E-state index in [2.05, 4.69) is 34.5 Å². The predicted molar refractivity (Wildman–Crippen MR) is 91.8 cm³/mol. The molecule has 1 N–H and O–H groups in total. The first-order chi connectivity index (χ1) is 10.9. The average Bonchev–Trinajstić information content (AvgIpc) is 3.08. The molecule has 1 atom stereocenters. The highest BCUT2D eigenvalue weighted by Crippen LogP contribution is 2.21. The number of nitrogens with one attached hydrogen (secondary N) is 1. The first-order valence-electron chi connectivity index (χ1n) is 8.24. The summed E-state index contributed by atoms with van der Waals surface area (Å²) in [6.07, 6.45) is 1.28. The third kappa shape index (κ3) is 4.88. The molecule has 4 nitrogen and oxygen atoms in total. The third-order valence-electron chi connectivity index (χ3n) is 4.25. The zero-order valence-corrected chi connectivity index (χ0v) is 13.9. The van der Waals surface area contributed by atoms with E-state index in [0.717, 1.165) is 51.7 Å². The quantitative estimate of drug-likeness (QED) is 0.830. The van der Waals surface area contributed by atoms with E-state index in [9.17, 15) is 0 Å². The summed E-state index contributed by atoms with van der Waals surface area (Å²) >= 11 is 2.04. The van der Waals surface area contributed by atoms with Gasteiger partial charge in [0.1, 0.15) is 12.4 Å². The lowest BCUT2D eigenvalue weighted by atomic mass is 10.2. The summed E-state index contributed by atoms with van der Waals surface area (Å²) < 4.78 is 11.4. The molecule has 3 rings (SSSR count). The molecule has 0 radical (unpaired) electrons. The molecule has 0 unspecified atom stereocenters. The standard InChI is InChI=1S/C17H26N2O2S/c1-2-4-17(21-11-8-19-6-9-20-10-7-19)15(3-1)13-18-16-5-12-22-14-16/h1-4,16,18H,5-14H2/t16-/m1/s1. The number of nitrogens with zero attached hydrogens (tertiary/aromatic N) is 1. The Labute approximate surface area is 137 Å². The maximum atomic E-state index is 6.03. The van der Waals surface area contributed by atoms with Crippen LogP contribution in [0.3, 0.4) is 0 Å². The van der Waals surface area contributed by atoms with E-state index in [1.54, 1.807) is 0 Å². The van der Waals surface area contributed by atoms with Gasteiger partial charge in [-0.1, -0.05) is 18.2 Å². The topological polar surface area (TPSA) is 33.7 Å². The van der Waals surface area contributed by atoms with Gasteiger partial charge < -0.3 is 14.8 Å². The van der Waals surface area contributed by atoms with Crippen molar-refractivity contribution in [1.29, 1.82) is 0 Å². The highest BCUT2D eigenvalue weighted by Gasteiger charge is 2.15. The number of morpholine rings is 1. The molecule has 1 aromatic rings. The molecule has 2 aliphatic heterocycles. The fraction of sp³-hybridized carbons (Fsp3) is 0.647. The van der Waals surface area contributed by atoms with Crippen molar-refractivity contribution >= 4 is 11.8 Å². The van der Waals surface area contributed by atoms with Gasteiger partial charge in [0, 0.05) is 43.5 Å². The van der Waals surface area contributed by atoms with Crippen LogP contribution in [0.1, 0.15) is 12.0 Å². The minimum absolute atomic E-state index is 0.659. The van der Waals surface area contributed by atoms with Gasteiger partial charge >= 0.3 is 0 Å². The minimum Gasteiger partial charge on any atom is -0.492 e. The van der Waals surface area contributed by atoms with Crippen LogP contribution in [0.4, 0.5) is 0 Å². The molecule has 0 amide bonds. The van der Waals surface area contributed by atoms with Crippen molar-refractivity contribution in [3.63, 3.8) is 0 Å². The van der Waals surface area contributed by atoms with Crippen molar-refractivity contribution in [3.8, 4) is 5.75 Å². The molecular weight excluding hydrogens is 296 g/mol. The summed E-state index contributed by atoms with van der Waals surface area (Å²) in [5, 5.41) is 3.65. The second kappa shape index (κ2) is 8.77. The molecule has 122 valence electrons. The van der Waals surface area contributed by atoms with Gasteiger partial charge in [-0.05, 0) is 18.2 Å². The van der Waals surface area contributed by atoms with Crippen LogP contribution >= 0.6 is 11.8 Å². The third-order valence-corrected chi connectivity index (χ3v) is 5.41. The Balaban J connectivity index is 1.45. The van der Waals surface area contributed by atoms with Crippen LogP contribution < -0.4 is 10.1 Å². The molecule has 2 heterocycles. The molecule has 0 bridgehead atoms. The number of thioether (sulfide) groups is 1. The van der Waals surface area contributed by atoms with Gasteiger partial charge in [0.2, 0.25) is 0 Å². The first kappa shape index (κ1) is 16.1. The molecule has 2 fully saturated rings. The molecule has 0 saturated carbocycles. The SMILES string of the molecule is c1ccc(OCCN2CCOCC2)c(CN[C@@H]2CCSC2)c1. The van der Waals surface area contributed by atoms with Crippen molar-refractivity contribution in [2.24, 2.45) is 0 Å². The van der Waals surface area contributed by atoms with Crippen molar-refractivity contribution < 1.29 is 9.47 Å². The molecular formula is C17H26N2O2S. The minimum atomic E-state index is 0.659. The van der Waals surface area contributed by atoms with Gasteiger partial charge in [0.05, 0.1) is 13.2 Å². The Morgan fingerprint density at radius 1 is 1.27 bits per heavy atom. The van der Waals surface area contributed by atoms with Crippen LogP contribution in [-0.2, 0) is 11.3 Å². The Morgan fingerprint density at radius 3 is 2.95 bits per heavy atom. The lowest BCUT2D eigenvalue weighted by molar-refractivity contribution is 0.0322. The number of hydrogen-bond donors (Lipinski definition) is 1. The normalized spacial score (nSPS) is 22.8. The number of ether oxygens (including phenoxy) is 2. The summed E-state index contributed by atoms with van der Waals surface area (Å²) in [5.41, 5.74) is 1.27. The monoisotopic (exact) mass is 322 g/mol. The zero-order valence-electron chi connectivity index (χ0n) is 13.1. The molecule has 22 heavy (non-hydrogen) atoms. The smallest absolute Gasteiger partial charge is 0.123 e. The second-order valence-corrected chi connectivity index (χ2v) is 7.00. The highest BCUT2D eigenvalue weighted by atomic mass is 32.2. The van der Waals surface area contributed by atoms with Gasteiger partial charge in [-0.3, -0.25) is 4.90 Å². The lowest BCUT2D eigenvalue weighted by Crippen LogP contribution is -2.38. The second-order valence-electron chi connectivity index (χ2n) is 5.85. The van der Waals surface area contributed by atoms with E-state index in [-0.39, 0.29) is 0 Å². The van der Waals surface area contributed by atoms with Crippen LogP contribution in [0, 0.1) is 0 Å². The Kier molecular flexibility index (Phi) is 6.43. The maximum Gasteiger partial charge on any atom is 0.123 e. The van der Waals surface area contributed by atoms with Gasteiger partial charge in [0.15, 0.2) is 0 Å². The van der Waals surface area contributed by atoms with Gasteiger partial charge in [-0.15, -0.1) is 0 Å². The highest BCUT2D eigenvalue weighted by molar-refractivity contribution is 7.99. The maximum absolute atomic E-state index is 6.03. The van der Waals surface area contributed by atoms with Crippen molar-refractivity contribution in [3.05, 3.63) is 29.8 Å². The summed E-state index contributed by atoms with van der Waals surface area (Å²) in [6, 6.07) is 9.05. The molecule has 0 aliphatic carbocycles. The van der Waals surface area contributed by atoms with Crippen LogP contribution in [0.15, 0.2) is 24.3 Å². The number of para-hydroxylation sites is 1. The summed E-state index contributed by atoms with van der Waals surface area (Å²) in [5.74, 6) is 3.55. The van der Waals surface area contributed by atoms with Crippen LogP contribution in [0.5, 0.6) is 5.75 Å². The summed E-state index contributed by atoms with van der Waals surface area (Å²) in [6.45, 7) is 6.36. The fourth-order valence-electron chi connectivity index (χ4n) is 2.85. The van der Waals surface area contributed by atoms with E-state index in [4.69, 9.17) is 9.47 Å². The molecule has 5 heteroatoms. The van der Waals surface area contributed by atoms with Crippen molar-refractivity contribution in [2.45, 2.75) is 19.0 Å². The predicted octanol–water partition coefficient (Wildman–Crippen LogP) is 1.99. The van der Waals surface area contributed by atoms with Crippen molar-refractivity contribution in [2.75, 3.05) is 51.0 Å². The Bertz CT molecular complexity index is 446. The first-order valence-corrected chi connectivity index (χ1v) is 9.39. The van der Waals surface area contributed by atoms with E-state index in [1.165, 1.54) is 23.5 Å². The van der Waals surface area contributed by atoms with E-state index >= 15 is 0 Å². The van der Waals surface area contributed by atoms with Crippen LogP contribution in [0.25, 0.3) is 0 Å². The molecule has 2 aliphatic rings. The molecule has 0 spiro atoms. The lowest BCUT2D eigenvalue weighted by Gasteiger charge is -2.26. The fourth-order valence-corrected chi connectivity index (χ4v) is 4.04. The van der Waals surface area contributed by atoms with E-state index in [1.807, 2.05) is 11.8 Å². The summed E-state index contributed by atoms with van der Waals surface area (Å²) in [4.78, 5) is 2.40. The Hall–Kier alpha value is -0.750. The van der Waals surface area contributed by atoms with Crippen LogP contribution in [0.2, 0.25) is 0 Å². The average molecular weight is 322 g/mol. The van der Waals surface area contributed by atoms with Gasteiger partial charge in [0.25, 0.3) is 0 Å². The van der Waals surface area contributed by atoms with E-state index in [0.29, 0.717) is 6.04 Å². The Morgan fingerprint density at radius 2 is 2.14 bits per heavy atom. The zero-order chi connectivity index (χ0) is 15.0. The van der Waals surface area contributed by atoms with Crippen molar-refractivity contribution in [1.82, 2.24) is 10.2 Å². The van der Waals surface area contributed by atoms with Gasteiger partial charge in [-0.2, -0.15) is 11.8 Å². The molecule has 1 aromatic carbocycles. The van der Waals surface area contributed by atoms with Gasteiger partial charge in [-0.25, -0.2) is 0 Å². The number of benzene rings is 1. The molecule has 2 saturated heterocycles. The summed E-state index contributed by atoms with van der Waals surface area (Å²) in [7, 11) is 0. The molecule has 0 aromatic heterocycles. The van der Waals surface area contributed by atoms with Crippen LogP contribution in [-0.4, -0.2) is 61.9 Å².